The van der Waals surface area contributed by atoms with E-state index in [4.69, 9.17) is 11.6 Å². The van der Waals surface area contributed by atoms with Crippen molar-refractivity contribution in [1.82, 2.24) is 15.3 Å². The second-order valence-corrected chi connectivity index (χ2v) is 4.52. The average molecular weight is 250 g/mol. The van der Waals surface area contributed by atoms with E-state index in [2.05, 4.69) is 28.3 Å². The van der Waals surface area contributed by atoms with Gasteiger partial charge in [0.1, 0.15) is 5.82 Å². The van der Waals surface area contributed by atoms with E-state index < -0.39 is 0 Å². The number of rotatable bonds is 5. The molecule has 0 amide bonds. The quantitative estimate of drug-likeness (QED) is 0.856. The zero-order valence-electron chi connectivity index (χ0n) is 9.78. The number of halogens is 1. The maximum absolute atomic E-state index is 6.12. The second kappa shape index (κ2) is 5.84. The molecule has 0 spiro atoms. The molecule has 0 saturated heterocycles. The van der Waals surface area contributed by atoms with Crippen LogP contribution >= 0.6 is 11.6 Å². The Bertz CT molecular complexity index is 453. The third-order valence-electron chi connectivity index (χ3n) is 2.66. The van der Waals surface area contributed by atoms with Gasteiger partial charge < -0.3 is 10.3 Å². The summed E-state index contributed by atoms with van der Waals surface area (Å²) in [5.41, 5.74) is 1.17. The van der Waals surface area contributed by atoms with E-state index >= 15 is 0 Å². The molecule has 1 aromatic carbocycles. The molecule has 1 unspecified atom stereocenters. The number of aromatic amines is 1. The Morgan fingerprint density at radius 1 is 1.41 bits per heavy atom. The van der Waals surface area contributed by atoms with Gasteiger partial charge >= 0.3 is 0 Å². The number of nitrogens with one attached hydrogen (secondary N) is 2. The van der Waals surface area contributed by atoms with Crippen LogP contribution in [0.2, 0.25) is 5.02 Å². The molecular weight excluding hydrogens is 234 g/mol. The van der Waals surface area contributed by atoms with Gasteiger partial charge in [-0.25, -0.2) is 4.98 Å². The van der Waals surface area contributed by atoms with Crippen LogP contribution in [0.15, 0.2) is 36.7 Å². The number of aromatic nitrogens is 2. The summed E-state index contributed by atoms with van der Waals surface area (Å²) >= 11 is 6.12. The van der Waals surface area contributed by atoms with Crippen molar-refractivity contribution in [3.63, 3.8) is 0 Å². The molecule has 1 heterocycles. The first kappa shape index (κ1) is 12.1. The number of H-pyrrole nitrogens is 1. The van der Waals surface area contributed by atoms with Gasteiger partial charge in [0.05, 0.1) is 6.54 Å². The van der Waals surface area contributed by atoms with Gasteiger partial charge in [-0.2, -0.15) is 0 Å². The molecule has 2 rings (SSSR count). The molecule has 2 aromatic rings. The van der Waals surface area contributed by atoms with Crippen molar-refractivity contribution in [1.29, 1.82) is 0 Å². The fraction of sp³-hybridized carbons (Fsp3) is 0.308. The Hall–Kier alpha value is -1.32. The largest absolute Gasteiger partial charge is 0.348 e. The molecule has 0 radical (unpaired) electrons. The van der Waals surface area contributed by atoms with E-state index in [1.54, 1.807) is 6.20 Å². The minimum atomic E-state index is 0.361. The van der Waals surface area contributed by atoms with Crippen molar-refractivity contribution in [2.75, 3.05) is 0 Å². The molecule has 1 atom stereocenters. The molecule has 17 heavy (non-hydrogen) atoms. The summed E-state index contributed by atoms with van der Waals surface area (Å²) < 4.78 is 0. The Labute approximate surface area is 106 Å². The van der Waals surface area contributed by atoms with Gasteiger partial charge in [0.25, 0.3) is 0 Å². The highest BCUT2D eigenvalue weighted by Crippen LogP contribution is 2.16. The third-order valence-corrected chi connectivity index (χ3v) is 3.03. The molecule has 0 aliphatic rings. The predicted octanol–water partition coefficient (Wildman–Crippen LogP) is 2.78. The molecule has 0 bridgehead atoms. The molecule has 4 heteroatoms. The maximum Gasteiger partial charge on any atom is 0.120 e. The lowest BCUT2D eigenvalue weighted by molar-refractivity contribution is 0.535. The lowest BCUT2D eigenvalue weighted by Crippen LogP contribution is -2.28. The molecule has 3 nitrogen and oxygen atoms in total. The van der Waals surface area contributed by atoms with E-state index in [0.717, 1.165) is 23.8 Å². The SMILES string of the molecule is CC(Cc1ccccc1Cl)NCc1ncc[nH]1. The zero-order valence-corrected chi connectivity index (χ0v) is 10.5. The molecule has 0 aliphatic carbocycles. The van der Waals surface area contributed by atoms with Crippen LogP contribution in [0.25, 0.3) is 0 Å². The van der Waals surface area contributed by atoms with Crippen LogP contribution in [0, 0.1) is 0 Å². The minimum absolute atomic E-state index is 0.361. The first-order valence-corrected chi connectivity index (χ1v) is 6.08. The molecule has 90 valence electrons. The van der Waals surface area contributed by atoms with Gasteiger partial charge in [-0.05, 0) is 25.0 Å². The first-order valence-electron chi connectivity index (χ1n) is 5.71. The van der Waals surface area contributed by atoms with Crippen LogP contribution in [0.5, 0.6) is 0 Å². The van der Waals surface area contributed by atoms with Crippen molar-refractivity contribution in [2.45, 2.75) is 25.9 Å². The predicted molar refractivity (Wildman–Crippen MR) is 70.0 cm³/mol. The Morgan fingerprint density at radius 3 is 2.94 bits per heavy atom. The molecule has 1 aromatic heterocycles. The third kappa shape index (κ3) is 3.58. The fourth-order valence-corrected chi connectivity index (χ4v) is 1.94. The topological polar surface area (TPSA) is 40.7 Å². The highest BCUT2D eigenvalue weighted by atomic mass is 35.5. The highest BCUT2D eigenvalue weighted by Gasteiger charge is 2.06. The number of hydrogen-bond acceptors (Lipinski definition) is 2. The standard InChI is InChI=1S/C13H16ClN3/c1-10(17-9-13-15-6-7-16-13)8-11-4-2-3-5-12(11)14/h2-7,10,17H,8-9H2,1H3,(H,15,16). The summed E-state index contributed by atoms with van der Waals surface area (Å²) in [5, 5.41) is 4.24. The summed E-state index contributed by atoms with van der Waals surface area (Å²) in [5.74, 6) is 0.955. The summed E-state index contributed by atoms with van der Waals surface area (Å²) in [6.45, 7) is 2.89. The van der Waals surface area contributed by atoms with Crippen molar-refractivity contribution in [2.24, 2.45) is 0 Å². The molecule has 2 N–H and O–H groups in total. The second-order valence-electron chi connectivity index (χ2n) is 4.11. The van der Waals surface area contributed by atoms with E-state index in [9.17, 15) is 0 Å². The Balaban J connectivity index is 1.85. The summed E-state index contributed by atoms with van der Waals surface area (Å²) in [4.78, 5) is 7.24. The Morgan fingerprint density at radius 2 is 2.24 bits per heavy atom. The van der Waals surface area contributed by atoms with Crippen LogP contribution in [0.1, 0.15) is 18.3 Å². The summed E-state index contributed by atoms with van der Waals surface area (Å²) in [6.07, 6.45) is 4.51. The van der Waals surface area contributed by atoms with Crippen LogP contribution in [-0.4, -0.2) is 16.0 Å². The van der Waals surface area contributed by atoms with Gasteiger partial charge in [0.15, 0.2) is 0 Å². The van der Waals surface area contributed by atoms with Crippen molar-refractivity contribution in [3.05, 3.63) is 53.1 Å². The monoisotopic (exact) mass is 249 g/mol. The zero-order chi connectivity index (χ0) is 12.1. The van der Waals surface area contributed by atoms with E-state index in [0.29, 0.717) is 6.04 Å². The number of imidazole rings is 1. The lowest BCUT2D eigenvalue weighted by Gasteiger charge is -2.13. The maximum atomic E-state index is 6.12. The Kier molecular flexibility index (Phi) is 4.18. The summed E-state index contributed by atoms with van der Waals surface area (Å²) in [6, 6.07) is 8.32. The fourth-order valence-electron chi connectivity index (χ4n) is 1.73. The molecule has 0 saturated carbocycles. The average Bonchev–Trinajstić information content (AvgIpc) is 2.82. The smallest absolute Gasteiger partial charge is 0.120 e. The highest BCUT2D eigenvalue weighted by molar-refractivity contribution is 6.31. The number of hydrogen-bond donors (Lipinski definition) is 2. The van der Waals surface area contributed by atoms with Gasteiger partial charge in [-0.15, -0.1) is 0 Å². The summed E-state index contributed by atoms with van der Waals surface area (Å²) in [7, 11) is 0. The van der Waals surface area contributed by atoms with E-state index in [1.165, 1.54) is 5.56 Å². The van der Waals surface area contributed by atoms with Crippen LogP contribution in [0.3, 0.4) is 0 Å². The van der Waals surface area contributed by atoms with Crippen molar-refractivity contribution >= 4 is 11.6 Å². The normalized spacial score (nSPS) is 12.6. The number of benzene rings is 1. The molecular formula is C13H16ClN3. The van der Waals surface area contributed by atoms with Crippen molar-refractivity contribution in [3.8, 4) is 0 Å². The van der Waals surface area contributed by atoms with Crippen LogP contribution in [-0.2, 0) is 13.0 Å². The number of nitrogens with zero attached hydrogens (tertiary/aromatic N) is 1. The lowest BCUT2D eigenvalue weighted by atomic mass is 10.1. The molecule has 0 fully saturated rings. The van der Waals surface area contributed by atoms with Crippen molar-refractivity contribution < 1.29 is 0 Å². The van der Waals surface area contributed by atoms with Gasteiger partial charge in [-0.1, -0.05) is 29.8 Å². The van der Waals surface area contributed by atoms with Crippen LogP contribution in [0.4, 0.5) is 0 Å². The van der Waals surface area contributed by atoms with Gasteiger partial charge in [-0.3, -0.25) is 0 Å². The van der Waals surface area contributed by atoms with E-state index in [1.807, 2.05) is 24.4 Å². The van der Waals surface area contributed by atoms with Gasteiger partial charge in [0, 0.05) is 23.5 Å². The first-order chi connectivity index (χ1) is 8.25. The van der Waals surface area contributed by atoms with E-state index in [-0.39, 0.29) is 0 Å². The van der Waals surface area contributed by atoms with Gasteiger partial charge in [0.2, 0.25) is 0 Å². The molecule has 0 aliphatic heterocycles. The van der Waals surface area contributed by atoms with Crippen LogP contribution < -0.4 is 5.32 Å². The minimum Gasteiger partial charge on any atom is -0.348 e.